The zero-order valence-electron chi connectivity index (χ0n) is 10.8. The highest BCUT2D eigenvalue weighted by Crippen LogP contribution is 2.33. The first-order chi connectivity index (χ1) is 8.33. The molecule has 0 aromatic heterocycles. The van der Waals surface area contributed by atoms with Gasteiger partial charge in [-0.3, -0.25) is 4.90 Å². The molecule has 98 valence electrons. The molecule has 3 unspecified atom stereocenters. The number of hydrogen-bond acceptors (Lipinski definition) is 3. The normalized spacial score (nSPS) is 38.1. The number of aliphatic hydroxyl groups is 1. The van der Waals surface area contributed by atoms with Gasteiger partial charge in [-0.25, -0.2) is 0 Å². The van der Waals surface area contributed by atoms with Gasteiger partial charge in [-0.15, -0.1) is 0 Å². The van der Waals surface area contributed by atoms with Crippen molar-refractivity contribution in [1.29, 1.82) is 0 Å². The van der Waals surface area contributed by atoms with Gasteiger partial charge >= 0.3 is 0 Å². The van der Waals surface area contributed by atoms with Gasteiger partial charge in [0.15, 0.2) is 0 Å². The van der Waals surface area contributed by atoms with E-state index in [9.17, 15) is 5.11 Å². The number of aliphatic hydroxyl groups excluding tert-OH is 1. The van der Waals surface area contributed by atoms with E-state index in [1.54, 1.807) is 0 Å². The Morgan fingerprint density at radius 3 is 2.47 bits per heavy atom. The molecule has 3 aliphatic rings. The zero-order chi connectivity index (χ0) is 11.7. The van der Waals surface area contributed by atoms with Gasteiger partial charge in [-0.2, -0.15) is 0 Å². The Balaban J connectivity index is 1.58. The second-order valence-electron chi connectivity index (χ2n) is 6.26. The topological polar surface area (TPSA) is 35.5 Å². The molecule has 0 bridgehead atoms. The Morgan fingerprint density at radius 2 is 1.88 bits per heavy atom. The van der Waals surface area contributed by atoms with Gasteiger partial charge in [-0.1, -0.05) is 0 Å². The summed E-state index contributed by atoms with van der Waals surface area (Å²) in [6, 6.07) is 1.14. The average Bonchev–Trinajstić information content (AvgIpc) is 2.80. The van der Waals surface area contributed by atoms with Crippen molar-refractivity contribution in [2.75, 3.05) is 19.6 Å². The average molecular weight is 238 g/mol. The second kappa shape index (κ2) is 5.25. The molecule has 0 aromatic rings. The minimum absolute atomic E-state index is 0.0600. The van der Waals surface area contributed by atoms with Crippen molar-refractivity contribution in [3.05, 3.63) is 0 Å². The van der Waals surface area contributed by atoms with Gasteiger partial charge in [0.25, 0.3) is 0 Å². The fraction of sp³-hybridized carbons (Fsp3) is 1.00. The van der Waals surface area contributed by atoms with E-state index in [0.717, 1.165) is 18.9 Å². The van der Waals surface area contributed by atoms with E-state index in [0.29, 0.717) is 12.1 Å². The lowest BCUT2D eigenvalue weighted by atomic mass is 10.1. The van der Waals surface area contributed by atoms with E-state index in [-0.39, 0.29) is 6.10 Å². The maximum Gasteiger partial charge on any atom is 0.0695 e. The lowest BCUT2D eigenvalue weighted by molar-refractivity contribution is 0.0626. The molecule has 2 aliphatic carbocycles. The predicted octanol–water partition coefficient (Wildman–Crippen LogP) is 1.36. The maximum absolute atomic E-state index is 10.1. The minimum atomic E-state index is -0.0600. The first-order valence-electron chi connectivity index (χ1n) is 7.48. The lowest BCUT2D eigenvalue weighted by Gasteiger charge is -2.33. The largest absolute Gasteiger partial charge is 0.391 e. The molecule has 0 aromatic carbocycles. The molecule has 1 saturated heterocycles. The summed E-state index contributed by atoms with van der Waals surface area (Å²) in [5.41, 5.74) is 0. The van der Waals surface area contributed by atoms with Gasteiger partial charge in [0.2, 0.25) is 0 Å². The molecule has 0 amide bonds. The molecule has 3 heteroatoms. The quantitative estimate of drug-likeness (QED) is 0.759. The molecule has 2 saturated carbocycles. The van der Waals surface area contributed by atoms with E-state index in [1.807, 2.05) is 0 Å². The van der Waals surface area contributed by atoms with E-state index in [2.05, 4.69) is 10.2 Å². The van der Waals surface area contributed by atoms with Gasteiger partial charge in [0.1, 0.15) is 0 Å². The Morgan fingerprint density at radius 1 is 1.00 bits per heavy atom. The molecule has 0 radical (unpaired) electrons. The number of nitrogens with zero attached hydrogens (tertiary/aromatic N) is 1. The second-order valence-corrected chi connectivity index (χ2v) is 6.26. The van der Waals surface area contributed by atoms with Crippen LogP contribution in [0.5, 0.6) is 0 Å². The van der Waals surface area contributed by atoms with Crippen LogP contribution in [0.3, 0.4) is 0 Å². The molecular weight excluding hydrogens is 212 g/mol. The highest BCUT2D eigenvalue weighted by Gasteiger charge is 2.35. The molecule has 3 atom stereocenters. The third-order valence-corrected chi connectivity index (χ3v) is 4.72. The van der Waals surface area contributed by atoms with Crippen molar-refractivity contribution in [1.82, 2.24) is 10.2 Å². The maximum atomic E-state index is 10.1. The summed E-state index contributed by atoms with van der Waals surface area (Å²) >= 11 is 0. The van der Waals surface area contributed by atoms with Crippen LogP contribution in [0.25, 0.3) is 0 Å². The summed E-state index contributed by atoms with van der Waals surface area (Å²) in [6.45, 7) is 3.59. The van der Waals surface area contributed by atoms with Crippen LogP contribution >= 0.6 is 0 Å². The lowest BCUT2D eigenvalue weighted by Crippen LogP contribution is -2.47. The third-order valence-electron chi connectivity index (χ3n) is 4.72. The molecular formula is C14H26N2O. The Bertz CT molecular complexity index is 249. The first-order valence-corrected chi connectivity index (χ1v) is 7.48. The fourth-order valence-corrected chi connectivity index (χ4v) is 3.52. The van der Waals surface area contributed by atoms with Gasteiger partial charge in [0, 0.05) is 25.2 Å². The van der Waals surface area contributed by atoms with Crippen LogP contribution in [0.1, 0.15) is 44.9 Å². The Kier molecular flexibility index (Phi) is 3.69. The monoisotopic (exact) mass is 238 g/mol. The molecule has 0 spiro atoms. The zero-order valence-corrected chi connectivity index (χ0v) is 10.8. The molecule has 3 nitrogen and oxygen atoms in total. The number of rotatable bonds is 5. The van der Waals surface area contributed by atoms with Crippen molar-refractivity contribution in [2.24, 2.45) is 5.92 Å². The van der Waals surface area contributed by atoms with Crippen molar-refractivity contribution in [2.45, 2.75) is 63.1 Å². The summed E-state index contributed by atoms with van der Waals surface area (Å²) in [7, 11) is 0. The molecule has 3 rings (SSSR count). The van der Waals surface area contributed by atoms with Crippen molar-refractivity contribution >= 4 is 0 Å². The molecule has 2 N–H and O–H groups in total. The van der Waals surface area contributed by atoms with E-state index in [1.165, 1.54) is 51.6 Å². The molecule has 3 fully saturated rings. The van der Waals surface area contributed by atoms with Gasteiger partial charge in [-0.05, 0) is 57.4 Å². The summed E-state index contributed by atoms with van der Waals surface area (Å²) in [6.07, 6.45) is 8.86. The first kappa shape index (κ1) is 11.9. The van der Waals surface area contributed by atoms with E-state index < -0.39 is 0 Å². The van der Waals surface area contributed by atoms with E-state index in [4.69, 9.17) is 0 Å². The van der Waals surface area contributed by atoms with Crippen LogP contribution in [0.4, 0.5) is 0 Å². The Hall–Kier alpha value is -0.120. The third kappa shape index (κ3) is 3.01. The van der Waals surface area contributed by atoms with Crippen LogP contribution in [0.15, 0.2) is 0 Å². The Labute approximate surface area is 105 Å². The smallest absolute Gasteiger partial charge is 0.0695 e. The minimum Gasteiger partial charge on any atom is -0.391 e. The van der Waals surface area contributed by atoms with Crippen molar-refractivity contribution in [3.63, 3.8) is 0 Å². The predicted molar refractivity (Wildman–Crippen MR) is 69.0 cm³/mol. The fourth-order valence-electron chi connectivity index (χ4n) is 3.52. The molecule has 1 aliphatic heterocycles. The van der Waals surface area contributed by atoms with Crippen molar-refractivity contribution < 1.29 is 5.11 Å². The van der Waals surface area contributed by atoms with Gasteiger partial charge in [0.05, 0.1) is 6.10 Å². The summed E-state index contributed by atoms with van der Waals surface area (Å²) < 4.78 is 0. The van der Waals surface area contributed by atoms with E-state index >= 15 is 0 Å². The van der Waals surface area contributed by atoms with Crippen LogP contribution in [0, 0.1) is 5.92 Å². The summed E-state index contributed by atoms with van der Waals surface area (Å²) in [5.74, 6) is 0.934. The summed E-state index contributed by atoms with van der Waals surface area (Å²) in [5, 5.41) is 13.7. The standard InChI is InChI=1S/C14H26N2O/c17-14-5-1-4-13(14)16(9-11-6-7-11)10-12-3-2-8-15-12/h11-15,17H,1-10H2. The van der Waals surface area contributed by atoms with Gasteiger partial charge < -0.3 is 10.4 Å². The van der Waals surface area contributed by atoms with Crippen LogP contribution in [0.2, 0.25) is 0 Å². The highest BCUT2D eigenvalue weighted by atomic mass is 16.3. The van der Waals surface area contributed by atoms with Crippen LogP contribution < -0.4 is 5.32 Å². The SMILES string of the molecule is OC1CCCC1N(CC1CC1)CC1CCCN1. The number of hydrogen-bond donors (Lipinski definition) is 2. The summed E-state index contributed by atoms with van der Waals surface area (Å²) in [4.78, 5) is 2.61. The van der Waals surface area contributed by atoms with Crippen molar-refractivity contribution in [3.8, 4) is 0 Å². The van der Waals surface area contributed by atoms with Crippen LogP contribution in [-0.4, -0.2) is 47.8 Å². The van der Waals surface area contributed by atoms with Crippen LogP contribution in [-0.2, 0) is 0 Å². The molecule has 17 heavy (non-hydrogen) atoms. The highest BCUT2D eigenvalue weighted by molar-refractivity contribution is 4.91. The molecule has 1 heterocycles. The number of nitrogens with one attached hydrogen (secondary N) is 1.